The van der Waals surface area contributed by atoms with Crippen molar-refractivity contribution in [3.63, 3.8) is 0 Å². The van der Waals surface area contributed by atoms with E-state index < -0.39 is 17.2 Å². The number of thioether (sulfide) groups is 1. The minimum Gasteiger partial charge on any atom is -0.334 e. The number of nitrogens with one attached hydrogen (secondary N) is 2. The van der Waals surface area contributed by atoms with Gasteiger partial charge in [0.2, 0.25) is 5.91 Å². The Morgan fingerprint density at radius 2 is 1.65 bits per heavy atom. The molecule has 0 spiro atoms. The SMILES string of the molecule is CC(Sc1nnc(-c2cccnc2)n1Cc1ccccc1)C(=O)NC(=O)NCc1ccccc1. The van der Waals surface area contributed by atoms with Crippen LogP contribution in [0.3, 0.4) is 0 Å². The third kappa shape index (κ3) is 6.08. The summed E-state index contributed by atoms with van der Waals surface area (Å²) < 4.78 is 1.95. The van der Waals surface area contributed by atoms with Gasteiger partial charge in [-0.15, -0.1) is 10.2 Å². The van der Waals surface area contributed by atoms with Gasteiger partial charge in [0, 0.05) is 24.5 Å². The Balaban J connectivity index is 1.45. The first-order valence-electron chi connectivity index (χ1n) is 10.8. The minimum atomic E-state index is -0.567. The van der Waals surface area contributed by atoms with E-state index in [1.54, 1.807) is 19.3 Å². The Morgan fingerprint density at radius 1 is 0.941 bits per heavy atom. The van der Waals surface area contributed by atoms with Crippen LogP contribution >= 0.6 is 11.8 Å². The fourth-order valence-corrected chi connectivity index (χ4v) is 4.09. The molecule has 4 rings (SSSR count). The van der Waals surface area contributed by atoms with Gasteiger partial charge in [0.05, 0.1) is 11.8 Å². The summed E-state index contributed by atoms with van der Waals surface area (Å²) in [6.45, 7) is 2.60. The van der Waals surface area contributed by atoms with Crippen molar-refractivity contribution in [3.8, 4) is 11.4 Å². The number of benzene rings is 2. The number of aromatic nitrogens is 4. The van der Waals surface area contributed by atoms with Crippen LogP contribution in [-0.4, -0.2) is 36.9 Å². The van der Waals surface area contributed by atoms with E-state index in [1.807, 2.05) is 77.4 Å². The Morgan fingerprint density at radius 3 is 2.32 bits per heavy atom. The zero-order valence-corrected chi connectivity index (χ0v) is 19.4. The van der Waals surface area contributed by atoms with Crippen molar-refractivity contribution in [2.45, 2.75) is 30.4 Å². The highest BCUT2D eigenvalue weighted by Gasteiger charge is 2.22. The lowest BCUT2D eigenvalue weighted by Gasteiger charge is -2.14. The Bertz CT molecular complexity index is 1230. The van der Waals surface area contributed by atoms with E-state index in [2.05, 4.69) is 25.8 Å². The molecule has 2 aromatic heterocycles. The zero-order valence-electron chi connectivity index (χ0n) is 18.6. The third-order valence-corrected chi connectivity index (χ3v) is 6.08. The summed E-state index contributed by atoms with van der Waals surface area (Å²) >= 11 is 1.25. The molecule has 2 aromatic carbocycles. The maximum atomic E-state index is 12.7. The molecule has 0 aliphatic heterocycles. The fourth-order valence-electron chi connectivity index (χ4n) is 3.24. The lowest BCUT2D eigenvalue weighted by molar-refractivity contribution is -0.119. The van der Waals surface area contributed by atoms with Gasteiger partial charge in [0.25, 0.3) is 0 Å². The summed E-state index contributed by atoms with van der Waals surface area (Å²) in [5.41, 5.74) is 2.85. The van der Waals surface area contributed by atoms with E-state index in [0.29, 0.717) is 24.1 Å². The van der Waals surface area contributed by atoms with Crippen LogP contribution in [0, 0.1) is 0 Å². The van der Waals surface area contributed by atoms with Crippen molar-refractivity contribution >= 4 is 23.7 Å². The zero-order chi connectivity index (χ0) is 23.8. The molecule has 1 unspecified atom stereocenters. The number of hydrogen-bond acceptors (Lipinski definition) is 6. The first-order chi connectivity index (χ1) is 16.6. The number of imide groups is 1. The second kappa shape index (κ2) is 11.2. The summed E-state index contributed by atoms with van der Waals surface area (Å²) in [5, 5.41) is 13.8. The Labute approximate surface area is 201 Å². The van der Waals surface area contributed by atoms with Gasteiger partial charge in [-0.25, -0.2) is 4.79 Å². The van der Waals surface area contributed by atoms with E-state index in [4.69, 9.17) is 0 Å². The van der Waals surface area contributed by atoms with Crippen molar-refractivity contribution in [1.29, 1.82) is 0 Å². The number of nitrogens with zero attached hydrogens (tertiary/aromatic N) is 4. The monoisotopic (exact) mass is 472 g/mol. The number of carbonyl (C=O) groups is 2. The van der Waals surface area contributed by atoms with Gasteiger partial charge in [-0.05, 0) is 30.2 Å². The standard InChI is InChI=1S/C25H24N6O2S/c1-18(23(32)28-24(33)27-15-19-9-4-2-5-10-19)34-25-30-29-22(21-13-8-14-26-16-21)31(25)17-20-11-6-3-7-12-20/h2-14,16,18H,15,17H2,1H3,(H2,27,28,32,33). The van der Waals surface area contributed by atoms with Crippen molar-refractivity contribution in [2.75, 3.05) is 0 Å². The van der Waals surface area contributed by atoms with E-state index in [1.165, 1.54) is 11.8 Å². The van der Waals surface area contributed by atoms with E-state index >= 15 is 0 Å². The summed E-state index contributed by atoms with van der Waals surface area (Å²) in [5.74, 6) is 0.250. The molecule has 0 bridgehead atoms. The predicted molar refractivity (Wildman–Crippen MR) is 131 cm³/mol. The van der Waals surface area contributed by atoms with Gasteiger partial charge in [-0.3, -0.25) is 19.7 Å². The van der Waals surface area contributed by atoms with Gasteiger partial charge < -0.3 is 5.32 Å². The molecule has 2 N–H and O–H groups in total. The third-order valence-electron chi connectivity index (χ3n) is 5.00. The molecule has 0 aliphatic carbocycles. The van der Waals surface area contributed by atoms with Crippen molar-refractivity contribution < 1.29 is 9.59 Å². The maximum absolute atomic E-state index is 12.7. The summed E-state index contributed by atoms with van der Waals surface area (Å²) in [4.78, 5) is 29.0. The fraction of sp³-hybridized carbons (Fsp3) is 0.160. The van der Waals surface area contributed by atoms with Crippen LogP contribution in [0.25, 0.3) is 11.4 Å². The van der Waals surface area contributed by atoms with Gasteiger partial charge in [0.1, 0.15) is 0 Å². The van der Waals surface area contributed by atoms with Crippen LogP contribution in [-0.2, 0) is 17.9 Å². The Kier molecular flexibility index (Phi) is 7.67. The lowest BCUT2D eigenvalue weighted by Crippen LogP contribution is -2.42. The summed E-state index contributed by atoms with van der Waals surface area (Å²) in [6.07, 6.45) is 3.43. The van der Waals surface area contributed by atoms with Crippen molar-refractivity contribution in [3.05, 3.63) is 96.3 Å². The number of carbonyl (C=O) groups excluding carboxylic acids is 2. The van der Waals surface area contributed by atoms with Gasteiger partial charge in [0.15, 0.2) is 11.0 Å². The topological polar surface area (TPSA) is 102 Å². The molecule has 0 radical (unpaired) electrons. The van der Waals surface area contributed by atoms with Gasteiger partial charge in [-0.1, -0.05) is 72.4 Å². The molecule has 9 heteroatoms. The highest BCUT2D eigenvalue weighted by atomic mass is 32.2. The number of urea groups is 1. The van der Waals surface area contributed by atoms with Gasteiger partial charge in [-0.2, -0.15) is 0 Å². The molecule has 172 valence electrons. The quantitative estimate of drug-likeness (QED) is 0.377. The van der Waals surface area contributed by atoms with E-state index in [-0.39, 0.29) is 0 Å². The Hall–Kier alpha value is -3.98. The average Bonchev–Trinajstić information content (AvgIpc) is 3.26. The van der Waals surface area contributed by atoms with Crippen molar-refractivity contribution in [1.82, 2.24) is 30.4 Å². The van der Waals surface area contributed by atoms with Crippen LogP contribution in [0.15, 0.2) is 90.3 Å². The van der Waals surface area contributed by atoms with Crippen LogP contribution in [0.1, 0.15) is 18.1 Å². The predicted octanol–water partition coefficient (Wildman–Crippen LogP) is 3.90. The second-order valence-electron chi connectivity index (χ2n) is 7.54. The average molecular weight is 473 g/mol. The molecule has 3 amide bonds. The van der Waals surface area contributed by atoms with Crippen LogP contribution in [0.5, 0.6) is 0 Å². The summed E-state index contributed by atoms with van der Waals surface area (Å²) in [6, 6.07) is 22.7. The van der Waals surface area contributed by atoms with Gasteiger partial charge >= 0.3 is 6.03 Å². The maximum Gasteiger partial charge on any atom is 0.321 e. The highest BCUT2D eigenvalue weighted by molar-refractivity contribution is 8.00. The molecule has 0 aliphatic rings. The lowest BCUT2D eigenvalue weighted by atomic mass is 10.2. The largest absolute Gasteiger partial charge is 0.334 e. The van der Waals surface area contributed by atoms with Crippen LogP contribution in [0.2, 0.25) is 0 Å². The molecule has 4 aromatic rings. The number of amides is 3. The first kappa shape index (κ1) is 23.2. The number of pyridine rings is 1. The molecule has 1 atom stereocenters. The normalized spacial score (nSPS) is 11.6. The smallest absolute Gasteiger partial charge is 0.321 e. The van der Waals surface area contributed by atoms with Crippen LogP contribution in [0.4, 0.5) is 4.79 Å². The van der Waals surface area contributed by atoms with E-state index in [0.717, 1.165) is 16.7 Å². The molecule has 0 saturated carbocycles. The number of rotatable bonds is 8. The molecule has 0 fully saturated rings. The molecular weight excluding hydrogens is 448 g/mol. The molecule has 34 heavy (non-hydrogen) atoms. The molecular formula is C25H24N6O2S. The van der Waals surface area contributed by atoms with Crippen molar-refractivity contribution in [2.24, 2.45) is 0 Å². The summed E-state index contributed by atoms with van der Waals surface area (Å²) in [7, 11) is 0. The molecule has 8 nitrogen and oxygen atoms in total. The highest BCUT2D eigenvalue weighted by Crippen LogP contribution is 2.27. The van der Waals surface area contributed by atoms with Crippen LogP contribution < -0.4 is 10.6 Å². The first-order valence-corrected chi connectivity index (χ1v) is 11.6. The second-order valence-corrected chi connectivity index (χ2v) is 8.85. The van der Waals surface area contributed by atoms with E-state index in [9.17, 15) is 9.59 Å². The molecule has 2 heterocycles. The minimum absolute atomic E-state index is 0.335. The number of hydrogen-bond donors (Lipinski definition) is 2. The molecule has 0 saturated heterocycles.